The van der Waals surface area contributed by atoms with E-state index >= 15 is 0 Å². The molecule has 4 heteroatoms. The molecule has 2 atom stereocenters. The van der Waals surface area contributed by atoms with Gasteiger partial charge in [-0.15, -0.1) is 0 Å². The lowest BCUT2D eigenvalue weighted by atomic mass is 9.88. The van der Waals surface area contributed by atoms with Gasteiger partial charge >= 0.3 is 0 Å². The van der Waals surface area contributed by atoms with Crippen molar-refractivity contribution in [1.29, 1.82) is 0 Å². The Morgan fingerprint density at radius 2 is 2.00 bits per heavy atom. The van der Waals surface area contributed by atoms with Crippen molar-refractivity contribution in [3.8, 4) is 0 Å². The van der Waals surface area contributed by atoms with E-state index in [4.69, 9.17) is 0 Å². The summed E-state index contributed by atoms with van der Waals surface area (Å²) >= 11 is 0. The largest absolute Gasteiger partial charge is 0.388 e. The summed E-state index contributed by atoms with van der Waals surface area (Å²) in [5.74, 6) is -0.251. The standard InChI is InChI=1S/C17H25NO3/c1-6-12(3)17(5,21)10-18-16(20)14-8-7-11(2)15(9-14)13(4)19/h7-9,12,21H,6,10H2,1-5H3,(H,18,20)/t12-,17-/m0/s1. The predicted molar refractivity (Wildman–Crippen MR) is 83.6 cm³/mol. The molecule has 0 aliphatic heterocycles. The minimum Gasteiger partial charge on any atom is -0.388 e. The van der Waals surface area contributed by atoms with Crippen LogP contribution in [-0.2, 0) is 0 Å². The highest BCUT2D eigenvalue weighted by Crippen LogP contribution is 2.19. The van der Waals surface area contributed by atoms with Crippen LogP contribution in [0.4, 0.5) is 0 Å². The first-order valence-corrected chi connectivity index (χ1v) is 7.31. The maximum absolute atomic E-state index is 12.2. The molecule has 0 aliphatic carbocycles. The van der Waals surface area contributed by atoms with Gasteiger partial charge < -0.3 is 10.4 Å². The second kappa shape index (κ2) is 6.85. The SMILES string of the molecule is CC[C@H](C)[C@@](C)(O)CNC(=O)c1ccc(C)c(C(C)=O)c1. The highest BCUT2D eigenvalue weighted by Gasteiger charge is 2.27. The Hall–Kier alpha value is -1.68. The molecular weight excluding hydrogens is 266 g/mol. The van der Waals surface area contributed by atoms with Gasteiger partial charge in [-0.3, -0.25) is 9.59 Å². The summed E-state index contributed by atoms with van der Waals surface area (Å²) in [4.78, 5) is 23.7. The fraction of sp³-hybridized carbons (Fsp3) is 0.529. The number of amides is 1. The number of hydrogen-bond donors (Lipinski definition) is 2. The van der Waals surface area contributed by atoms with E-state index in [1.54, 1.807) is 25.1 Å². The maximum atomic E-state index is 12.2. The number of carbonyl (C=O) groups is 2. The van der Waals surface area contributed by atoms with E-state index in [1.807, 2.05) is 20.8 Å². The fourth-order valence-corrected chi connectivity index (χ4v) is 2.12. The Morgan fingerprint density at radius 1 is 1.38 bits per heavy atom. The number of rotatable bonds is 6. The van der Waals surface area contributed by atoms with E-state index in [1.165, 1.54) is 6.92 Å². The van der Waals surface area contributed by atoms with Gasteiger partial charge in [0.05, 0.1) is 5.60 Å². The zero-order valence-electron chi connectivity index (χ0n) is 13.5. The average Bonchev–Trinajstić information content (AvgIpc) is 2.44. The third kappa shape index (κ3) is 4.39. The van der Waals surface area contributed by atoms with E-state index in [0.29, 0.717) is 11.1 Å². The molecule has 0 heterocycles. The highest BCUT2D eigenvalue weighted by molar-refractivity contribution is 6.00. The molecule has 0 fully saturated rings. The van der Waals surface area contributed by atoms with E-state index < -0.39 is 5.60 Å². The first kappa shape index (κ1) is 17.4. The molecule has 0 aliphatic rings. The summed E-state index contributed by atoms with van der Waals surface area (Å²) in [6.07, 6.45) is 0.835. The molecular formula is C17H25NO3. The summed E-state index contributed by atoms with van der Waals surface area (Å²) in [5, 5.41) is 13.0. The molecule has 1 amide bonds. The monoisotopic (exact) mass is 291 g/mol. The van der Waals surface area contributed by atoms with Crippen molar-refractivity contribution in [2.75, 3.05) is 6.54 Å². The zero-order chi connectivity index (χ0) is 16.2. The second-order valence-corrected chi connectivity index (χ2v) is 5.94. The van der Waals surface area contributed by atoms with Crippen LogP contribution >= 0.6 is 0 Å². The number of carbonyl (C=O) groups excluding carboxylic acids is 2. The van der Waals surface area contributed by atoms with Gasteiger partial charge in [0.1, 0.15) is 0 Å². The number of Topliss-reactive ketones (excluding diaryl/α,β-unsaturated/α-hetero) is 1. The van der Waals surface area contributed by atoms with Crippen molar-refractivity contribution >= 4 is 11.7 Å². The number of aliphatic hydroxyl groups is 1. The number of nitrogens with one attached hydrogen (secondary N) is 1. The smallest absolute Gasteiger partial charge is 0.251 e. The van der Waals surface area contributed by atoms with Crippen molar-refractivity contribution in [1.82, 2.24) is 5.32 Å². The van der Waals surface area contributed by atoms with Crippen LogP contribution in [0.15, 0.2) is 18.2 Å². The molecule has 0 saturated heterocycles. The van der Waals surface area contributed by atoms with Crippen LogP contribution in [0.1, 0.15) is 60.4 Å². The molecule has 0 spiro atoms. The van der Waals surface area contributed by atoms with Crippen molar-refractivity contribution in [2.24, 2.45) is 5.92 Å². The molecule has 0 bridgehead atoms. The molecule has 0 aromatic heterocycles. The first-order chi connectivity index (χ1) is 9.69. The van der Waals surface area contributed by atoms with Crippen LogP contribution in [0.5, 0.6) is 0 Å². The Bertz CT molecular complexity index is 535. The van der Waals surface area contributed by atoms with Crippen molar-refractivity contribution in [2.45, 2.75) is 46.6 Å². The maximum Gasteiger partial charge on any atom is 0.251 e. The molecule has 1 rings (SSSR count). The van der Waals surface area contributed by atoms with Gasteiger partial charge in [0.25, 0.3) is 5.91 Å². The van der Waals surface area contributed by atoms with Crippen LogP contribution in [-0.4, -0.2) is 28.9 Å². The minimum atomic E-state index is -0.946. The van der Waals surface area contributed by atoms with Crippen LogP contribution in [0.25, 0.3) is 0 Å². The molecule has 0 saturated carbocycles. The molecule has 21 heavy (non-hydrogen) atoms. The number of benzene rings is 1. The Morgan fingerprint density at radius 3 is 2.52 bits per heavy atom. The first-order valence-electron chi connectivity index (χ1n) is 7.31. The van der Waals surface area contributed by atoms with Crippen LogP contribution < -0.4 is 5.32 Å². The lowest BCUT2D eigenvalue weighted by molar-refractivity contribution is 0.00592. The highest BCUT2D eigenvalue weighted by atomic mass is 16.3. The van der Waals surface area contributed by atoms with Crippen LogP contribution in [0, 0.1) is 12.8 Å². The van der Waals surface area contributed by atoms with Gasteiger partial charge in [0.15, 0.2) is 5.78 Å². The molecule has 1 aromatic carbocycles. The second-order valence-electron chi connectivity index (χ2n) is 5.94. The van der Waals surface area contributed by atoms with Gasteiger partial charge in [-0.1, -0.05) is 26.3 Å². The third-order valence-electron chi connectivity index (χ3n) is 4.16. The number of ketones is 1. The van der Waals surface area contributed by atoms with Crippen LogP contribution in [0.2, 0.25) is 0 Å². The Balaban J connectivity index is 2.82. The zero-order valence-corrected chi connectivity index (χ0v) is 13.5. The molecule has 2 N–H and O–H groups in total. The van der Waals surface area contributed by atoms with Gasteiger partial charge in [-0.05, 0) is 44.4 Å². The van der Waals surface area contributed by atoms with Crippen molar-refractivity contribution < 1.29 is 14.7 Å². The summed E-state index contributed by atoms with van der Waals surface area (Å²) in [7, 11) is 0. The third-order valence-corrected chi connectivity index (χ3v) is 4.16. The lowest BCUT2D eigenvalue weighted by Crippen LogP contribution is -2.45. The normalized spacial score (nSPS) is 15.1. The summed E-state index contributed by atoms with van der Waals surface area (Å²) < 4.78 is 0. The van der Waals surface area contributed by atoms with E-state index in [0.717, 1.165) is 12.0 Å². The van der Waals surface area contributed by atoms with Gasteiger partial charge in [0, 0.05) is 17.7 Å². The van der Waals surface area contributed by atoms with Crippen molar-refractivity contribution in [3.63, 3.8) is 0 Å². The topological polar surface area (TPSA) is 66.4 Å². The van der Waals surface area contributed by atoms with Crippen molar-refractivity contribution in [3.05, 3.63) is 34.9 Å². The summed E-state index contributed by atoms with van der Waals surface area (Å²) in [5.41, 5.74) is 0.895. The Labute approximate surface area is 126 Å². The predicted octanol–water partition coefficient (Wildman–Crippen LogP) is 2.72. The fourth-order valence-electron chi connectivity index (χ4n) is 2.12. The molecule has 0 unspecified atom stereocenters. The van der Waals surface area contributed by atoms with Gasteiger partial charge in [0.2, 0.25) is 0 Å². The average molecular weight is 291 g/mol. The quantitative estimate of drug-likeness (QED) is 0.792. The molecule has 1 aromatic rings. The van der Waals surface area contributed by atoms with E-state index in [9.17, 15) is 14.7 Å². The molecule has 0 radical (unpaired) electrons. The number of aryl methyl sites for hydroxylation is 1. The minimum absolute atomic E-state index is 0.0613. The van der Waals surface area contributed by atoms with Gasteiger partial charge in [-0.25, -0.2) is 0 Å². The summed E-state index contributed by atoms with van der Waals surface area (Å²) in [6.45, 7) is 9.18. The van der Waals surface area contributed by atoms with Crippen LogP contribution in [0.3, 0.4) is 0 Å². The van der Waals surface area contributed by atoms with Gasteiger partial charge in [-0.2, -0.15) is 0 Å². The number of hydrogen-bond acceptors (Lipinski definition) is 3. The molecule has 116 valence electrons. The molecule has 4 nitrogen and oxygen atoms in total. The summed E-state index contributed by atoms with van der Waals surface area (Å²) in [6, 6.07) is 5.05. The van der Waals surface area contributed by atoms with E-state index in [2.05, 4.69) is 5.32 Å². The van der Waals surface area contributed by atoms with E-state index in [-0.39, 0.29) is 24.2 Å². The lowest BCUT2D eigenvalue weighted by Gasteiger charge is -2.29. The Kier molecular flexibility index (Phi) is 5.67.